The fourth-order valence-electron chi connectivity index (χ4n) is 7.68. The largest absolute Gasteiger partial charge is 0.455 e. The molecule has 39 heavy (non-hydrogen) atoms. The zero-order valence-electron chi connectivity index (χ0n) is 22.4. The van der Waals surface area contributed by atoms with Crippen LogP contribution in [0.3, 0.4) is 0 Å². The molecule has 0 aliphatic heterocycles. The quantitative estimate of drug-likeness (QED) is 0.216. The Hall–Kier alpha value is -4.17. The van der Waals surface area contributed by atoms with Gasteiger partial charge in [0.25, 0.3) is 0 Å². The van der Waals surface area contributed by atoms with E-state index in [-0.39, 0.29) is 10.8 Å². The van der Waals surface area contributed by atoms with E-state index >= 15 is 0 Å². The highest BCUT2D eigenvalue weighted by atomic mass is 16.3. The van der Waals surface area contributed by atoms with E-state index in [0.717, 1.165) is 11.2 Å². The van der Waals surface area contributed by atoms with Gasteiger partial charge in [0.05, 0.1) is 5.56 Å². The van der Waals surface area contributed by atoms with Crippen LogP contribution in [0.4, 0.5) is 0 Å². The third-order valence-electron chi connectivity index (χ3n) is 10.0. The maximum absolute atomic E-state index is 6.48. The number of pyridine rings is 1. The van der Waals surface area contributed by atoms with Gasteiger partial charge in [0.2, 0.25) is 5.69 Å². The van der Waals surface area contributed by atoms with Gasteiger partial charge in [-0.25, -0.2) is 4.57 Å². The molecule has 0 amide bonds. The van der Waals surface area contributed by atoms with Crippen molar-refractivity contribution in [1.82, 2.24) is 0 Å². The minimum absolute atomic E-state index is 0.217. The molecule has 0 radical (unpaired) electrons. The molecule has 2 saturated carbocycles. The van der Waals surface area contributed by atoms with Crippen LogP contribution in [-0.2, 0) is 17.9 Å². The highest BCUT2D eigenvalue weighted by Crippen LogP contribution is 2.68. The smallest absolute Gasteiger partial charge is 0.216 e. The zero-order valence-corrected chi connectivity index (χ0v) is 22.4. The molecule has 2 aromatic heterocycles. The fourth-order valence-corrected chi connectivity index (χ4v) is 7.68. The third-order valence-corrected chi connectivity index (χ3v) is 10.0. The van der Waals surface area contributed by atoms with E-state index in [0.29, 0.717) is 0 Å². The Labute approximate surface area is 228 Å². The second kappa shape index (κ2) is 7.27. The summed E-state index contributed by atoms with van der Waals surface area (Å²) in [7, 11) is 2.14. The first kappa shape index (κ1) is 21.7. The SMILES string of the molecule is Cc1ccc2c(oc3ccccc32)c1-c1cc(-c2ccc3c(c2)C2(CC2)c2ccccc2C32CC2)cc[n+]1C. The molecule has 3 aliphatic carbocycles. The Morgan fingerprint density at radius 3 is 2.08 bits per heavy atom. The van der Waals surface area contributed by atoms with Gasteiger partial charge in [-0.1, -0.05) is 66.7 Å². The fraction of sp³-hybridized carbons (Fsp3) is 0.216. The molecule has 4 aromatic carbocycles. The number of furan rings is 1. The molecule has 3 aliphatic rings. The van der Waals surface area contributed by atoms with E-state index in [1.54, 1.807) is 22.3 Å². The minimum Gasteiger partial charge on any atom is -0.455 e. The number of rotatable bonds is 2. The van der Waals surface area contributed by atoms with Crippen LogP contribution in [0.15, 0.2) is 102 Å². The number of para-hydroxylation sites is 1. The summed E-state index contributed by atoms with van der Waals surface area (Å²) in [5.74, 6) is 0. The van der Waals surface area contributed by atoms with E-state index in [2.05, 4.69) is 110 Å². The lowest BCUT2D eigenvalue weighted by Gasteiger charge is -2.35. The Bertz CT molecular complexity index is 2000. The third kappa shape index (κ3) is 2.79. The molecule has 188 valence electrons. The maximum atomic E-state index is 6.48. The molecule has 2 spiro atoms. The number of fused-ring (bicyclic) bond motifs is 9. The Balaban J connectivity index is 1.23. The van der Waals surface area contributed by atoms with Crippen LogP contribution < -0.4 is 4.57 Å². The van der Waals surface area contributed by atoms with Crippen LogP contribution in [0.25, 0.3) is 44.3 Å². The normalized spacial score (nSPS) is 17.5. The van der Waals surface area contributed by atoms with Gasteiger partial charge in [-0.15, -0.1) is 0 Å². The first-order chi connectivity index (χ1) is 19.1. The monoisotopic (exact) mass is 504 g/mol. The topological polar surface area (TPSA) is 17.0 Å². The van der Waals surface area contributed by atoms with Crippen molar-refractivity contribution in [2.45, 2.75) is 43.4 Å². The van der Waals surface area contributed by atoms with Crippen LogP contribution >= 0.6 is 0 Å². The van der Waals surface area contributed by atoms with Gasteiger partial charge < -0.3 is 4.42 Å². The molecule has 2 fully saturated rings. The Morgan fingerprint density at radius 1 is 0.641 bits per heavy atom. The highest BCUT2D eigenvalue weighted by molar-refractivity contribution is 6.09. The van der Waals surface area contributed by atoms with Gasteiger partial charge in [-0.05, 0) is 83.7 Å². The average molecular weight is 505 g/mol. The Kier molecular flexibility index (Phi) is 4.05. The number of nitrogens with zero attached hydrogens (tertiary/aromatic N) is 1. The summed E-state index contributed by atoms with van der Waals surface area (Å²) in [5, 5.41) is 2.35. The van der Waals surface area contributed by atoms with Crippen molar-refractivity contribution >= 4 is 21.9 Å². The highest BCUT2D eigenvalue weighted by Gasteiger charge is 2.60. The van der Waals surface area contributed by atoms with Gasteiger partial charge in [-0.2, -0.15) is 0 Å². The van der Waals surface area contributed by atoms with Crippen molar-refractivity contribution < 1.29 is 8.98 Å². The van der Waals surface area contributed by atoms with Gasteiger partial charge in [0.1, 0.15) is 18.2 Å². The van der Waals surface area contributed by atoms with Crippen LogP contribution in [0.1, 0.15) is 53.5 Å². The molecule has 0 saturated heterocycles. The van der Waals surface area contributed by atoms with E-state index in [1.165, 1.54) is 64.4 Å². The maximum Gasteiger partial charge on any atom is 0.216 e. The van der Waals surface area contributed by atoms with Crippen molar-refractivity contribution in [3.63, 3.8) is 0 Å². The molecule has 9 rings (SSSR count). The van der Waals surface area contributed by atoms with Crippen molar-refractivity contribution in [2.24, 2.45) is 7.05 Å². The molecule has 2 heteroatoms. The molecule has 0 N–H and O–H groups in total. The lowest BCUT2D eigenvalue weighted by Crippen LogP contribution is -2.30. The van der Waals surface area contributed by atoms with Gasteiger partial charge in [-0.3, -0.25) is 0 Å². The summed E-state index contributed by atoms with van der Waals surface area (Å²) >= 11 is 0. The lowest BCUT2D eigenvalue weighted by atomic mass is 9.68. The molecule has 2 heterocycles. The molecule has 6 aromatic rings. The number of aryl methyl sites for hydroxylation is 2. The zero-order chi connectivity index (χ0) is 25.9. The van der Waals surface area contributed by atoms with Crippen LogP contribution in [0.5, 0.6) is 0 Å². The van der Waals surface area contributed by atoms with Crippen molar-refractivity contribution in [1.29, 1.82) is 0 Å². The first-order valence-electron chi connectivity index (χ1n) is 14.3. The van der Waals surface area contributed by atoms with Crippen LogP contribution in [0, 0.1) is 6.92 Å². The molecular formula is C37H30NO+. The molecule has 2 nitrogen and oxygen atoms in total. The summed E-state index contributed by atoms with van der Waals surface area (Å²) in [6.45, 7) is 2.19. The van der Waals surface area contributed by atoms with Gasteiger partial charge in [0, 0.05) is 33.7 Å². The van der Waals surface area contributed by atoms with Crippen molar-refractivity contribution in [2.75, 3.05) is 0 Å². The number of aromatic nitrogens is 1. The summed E-state index contributed by atoms with van der Waals surface area (Å²) in [4.78, 5) is 0. The van der Waals surface area contributed by atoms with Gasteiger partial charge >= 0.3 is 0 Å². The predicted octanol–water partition coefficient (Wildman–Crippen LogP) is 8.53. The first-order valence-corrected chi connectivity index (χ1v) is 14.3. The second-order valence-corrected chi connectivity index (χ2v) is 12.1. The number of benzene rings is 4. The predicted molar refractivity (Wildman–Crippen MR) is 157 cm³/mol. The molecular weight excluding hydrogens is 474 g/mol. The summed E-state index contributed by atoms with van der Waals surface area (Å²) in [6.07, 6.45) is 7.28. The Morgan fingerprint density at radius 2 is 1.31 bits per heavy atom. The summed E-state index contributed by atoms with van der Waals surface area (Å²) in [5.41, 5.74) is 14.9. The van der Waals surface area contributed by atoms with Crippen molar-refractivity contribution in [3.05, 3.63) is 125 Å². The van der Waals surface area contributed by atoms with Gasteiger partial charge in [0.15, 0.2) is 6.20 Å². The molecule has 0 bridgehead atoms. The average Bonchev–Trinajstić information content (AvgIpc) is 3.89. The summed E-state index contributed by atoms with van der Waals surface area (Å²) < 4.78 is 8.71. The second-order valence-electron chi connectivity index (χ2n) is 12.1. The number of hydrogen-bond donors (Lipinski definition) is 0. The van der Waals surface area contributed by atoms with Crippen LogP contribution in [-0.4, -0.2) is 0 Å². The minimum atomic E-state index is 0.217. The number of hydrogen-bond acceptors (Lipinski definition) is 1. The molecule has 0 atom stereocenters. The van der Waals surface area contributed by atoms with E-state index in [9.17, 15) is 0 Å². The van der Waals surface area contributed by atoms with E-state index in [4.69, 9.17) is 4.42 Å². The lowest BCUT2D eigenvalue weighted by molar-refractivity contribution is -0.660. The standard InChI is InChI=1S/C37H30NO/c1-23-11-13-27-26-7-3-6-10-33(26)39-35(27)34(23)32-22-25(15-20-38(32)2)24-12-14-30-31(21-24)37(18-19-37)29-9-5-4-8-28(29)36(30)16-17-36/h3-15,20-22H,16-19H2,1-2H3/q+1. The van der Waals surface area contributed by atoms with E-state index < -0.39 is 0 Å². The molecule has 0 unspecified atom stereocenters. The van der Waals surface area contributed by atoms with E-state index in [1.807, 2.05) is 6.07 Å². The van der Waals surface area contributed by atoms with Crippen molar-refractivity contribution in [3.8, 4) is 22.4 Å². The van der Waals surface area contributed by atoms with Crippen LogP contribution in [0.2, 0.25) is 0 Å². The summed E-state index contributed by atoms with van der Waals surface area (Å²) in [6, 6.07) is 34.1.